The lowest BCUT2D eigenvalue weighted by Crippen LogP contribution is -2.53. The van der Waals surface area contributed by atoms with Crippen molar-refractivity contribution in [3.05, 3.63) is 0 Å². The first-order valence-electron chi connectivity index (χ1n) is 17.9. The Morgan fingerprint density at radius 3 is 1.10 bits per heavy atom. The minimum absolute atomic E-state index is 0.0414. The molecule has 0 aliphatic carbocycles. The summed E-state index contributed by atoms with van der Waals surface area (Å²) in [6, 6.07) is 0. The molecular weight excluding hydrogens is 698 g/mol. The molecule has 0 amide bonds. The fraction of sp³-hybridized carbons (Fsp3) is 0.970. The number of hydrogen-bond donors (Lipinski definition) is 10. The van der Waals surface area contributed by atoms with E-state index in [4.69, 9.17) is 43.4 Å². The van der Waals surface area contributed by atoms with Crippen LogP contribution >= 0.6 is 0 Å². The number of carbonyl (C=O) groups is 1. The van der Waals surface area contributed by atoms with Crippen LogP contribution < -0.4 is 0 Å². The van der Waals surface area contributed by atoms with E-state index in [9.17, 15) is 45.6 Å². The van der Waals surface area contributed by atoms with E-state index >= 15 is 0 Å². The number of nitrogens with zero attached hydrogens (tertiary/aromatic N) is 1. The number of ether oxygens (including phenoxy) is 7. The van der Waals surface area contributed by atoms with Crippen molar-refractivity contribution < 1.29 is 89.0 Å². The molecule has 0 aromatic rings. The van der Waals surface area contributed by atoms with E-state index < -0.39 is 62.0 Å². The molecule has 0 aromatic heterocycles. The molecule has 0 saturated heterocycles. The highest BCUT2D eigenvalue weighted by Crippen LogP contribution is 2.11. The van der Waals surface area contributed by atoms with Crippen molar-refractivity contribution in [3.8, 4) is 0 Å². The van der Waals surface area contributed by atoms with Gasteiger partial charge in [-0.05, 0) is 26.2 Å². The zero-order valence-electron chi connectivity index (χ0n) is 30.6. The fourth-order valence-electron chi connectivity index (χ4n) is 4.43. The molecule has 0 aliphatic rings. The Kier molecular flexibility index (Phi) is 33.7. The molecule has 0 heterocycles. The number of aliphatic hydroxyl groups excluding tert-OH is 10. The van der Waals surface area contributed by atoms with Crippen molar-refractivity contribution in [2.24, 2.45) is 0 Å². The van der Waals surface area contributed by atoms with Gasteiger partial charge in [-0.25, -0.2) is 0 Å². The lowest BCUT2D eigenvalue weighted by Gasteiger charge is -2.33. The molecule has 8 atom stereocenters. The second-order valence-electron chi connectivity index (χ2n) is 12.2. The summed E-state index contributed by atoms with van der Waals surface area (Å²) in [4.78, 5) is 12.2. The molecule has 10 N–H and O–H groups in total. The van der Waals surface area contributed by atoms with Gasteiger partial charge < -0.3 is 84.2 Å². The van der Waals surface area contributed by atoms with Crippen LogP contribution in [-0.2, 0) is 38.0 Å². The standard InChI is InChI=1S/C33H67NO18/c1-25(37)5-9-48-13-17-50-15-11-46-7-3-2-4-8-47-12-16-51-19-20-52-18-14-49-10-6-34(21-26(38)30(42)32(44)28(40)23-35)22-27(39)31(43)33(45)29(41)24-36/h26-33,35-36,38-45H,2-24H2,1H3/t26-,27-,28+,29+,30+,31+,32+,33+/m0/s1. The predicted octanol–water partition coefficient (Wildman–Crippen LogP) is -4.57. The number of aliphatic hydroxyl groups is 10. The van der Waals surface area contributed by atoms with Crippen molar-refractivity contribution in [2.45, 2.75) is 81.4 Å². The van der Waals surface area contributed by atoms with E-state index in [1.54, 1.807) is 0 Å². The van der Waals surface area contributed by atoms with Gasteiger partial charge in [-0.1, -0.05) is 0 Å². The lowest BCUT2D eigenvalue weighted by molar-refractivity contribution is -0.131. The summed E-state index contributed by atoms with van der Waals surface area (Å²) < 4.78 is 38.2. The molecule has 0 radical (unpaired) electrons. The van der Waals surface area contributed by atoms with Crippen LogP contribution in [0.25, 0.3) is 0 Å². The van der Waals surface area contributed by atoms with E-state index in [1.165, 1.54) is 11.8 Å². The molecule has 312 valence electrons. The van der Waals surface area contributed by atoms with Crippen LogP contribution in [0.5, 0.6) is 0 Å². The van der Waals surface area contributed by atoms with Crippen molar-refractivity contribution in [1.29, 1.82) is 0 Å². The molecule has 52 heavy (non-hydrogen) atoms. The van der Waals surface area contributed by atoms with Gasteiger partial charge in [-0.3, -0.25) is 9.69 Å². The third-order valence-electron chi connectivity index (χ3n) is 7.63. The third-order valence-corrected chi connectivity index (χ3v) is 7.63. The third kappa shape index (κ3) is 27.5. The summed E-state index contributed by atoms with van der Waals surface area (Å²) in [7, 11) is 0. The lowest BCUT2D eigenvalue weighted by atomic mass is 10.0. The first kappa shape index (κ1) is 51.0. The fourth-order valence-corrected chi connectivity index (χ4v) is 4.43. The molecule has 0 spiro atoms. The van der Waals surface area contributed by atoms with Gasteiger partial charge in [0.05, 0.1) is 105 Å². The zero-order chi connectivity index (χ0) is 39.0. The maximum Gasteiger partial charge on any atom is 0.132 e. The Balaban J connectivity index is 3.97. The van der Waals surface area contributed by atoms with Gasteiger partial charge in [-0.15, -0.1) is 0 Å². The summed E-state index contributed by atoms with van der Waals surface area (Å²) in [5, 5.41) is 98.0. The molecule has 0 fully saturated rings. The van der Waals surface area contributed by atoms with E-state index in [2.05, 4.69) is 0 Å². The monoisotopic (exact) mass is 765 g/mol. The van der Waals surface area contributed by atoms with Crippen LogP contribution in [0.4, 0.5) is 0 Å². The Morgan fingerprint density at radius 1 is 0.442 bits per heavy atom. The van der Waals surface area contributed by atoms with Crippen LogP contribution in [0.15, 0.2) is 0 Å². The van der Waals surface area contributed by atoms with E-state index in [0.717, 1.165) is 19.3 Å². The summed E-state index contributed by atoms with van der Waals surface area (Å²) >= 11 is 0. The van der Waals surface area contributed by atoms with E-state index in [0.29, 0.717) is 79.1 Å². The SMILES string of the molecule is CC(=O)CCOCCOCCOCCCCCOCCOCCOCCOCCN(C[C@H](O)[C@@H](O)[C@H](O)[C@H](O)CO)C[C@H](O)[C@@H](O)[C@H](O)[C@H](O)CO. The summed E-state index contributed by atoms with van der Waals surface area (Å²) in [6.45, 7) is 4.83. The highest BCUT2D eigenvalue weighted by atomic mass is 16.6. The topological polar surface area (TPSA) is 287 Å². The Hall–Kier alpha value is -1.05. The molecule has 0 unspecified atom stereocenters. The molecule has 19 heteroatoms. The first-order chi connectivity index (χ1) is 25.0. The normalized spacial score (nSPS) is 16.8. The quantitative estimate of drug-likeness (QED) is 0.0264. The first-order valence-corrected chi connectivity index (χ1v) is 17.9. The second-order valence-corrected chi connectivity index (χ2v) is 12.2. The summed E-state index contributed by atoms with van der Waals surface area (Å²) in [5.41, 5.74) is 0. The predicted molar refractivity (Wildman–Crippen MR) is 184 cm³/mol. The number of carbonyl (C=O) groups excluding carboxylic acids is 1. The summed E-state index contributed by atoms with van der Waals surface area (Å²) in [6.07, 6.45) is -11.0. The number of hydrogen-bond acceptors (Lipinski definition) is 19. The molecule has 0 aliphatic heterocycles. The maximum atomic E-state index is 10.8. The molecule has 19 nitrogen and oxygen atoms in total. The largest absolute Gasteiger partial charge is 0.394 e. The van der Waals surface area contributed by atoms with Gasteiger partial charge in [0.1, 0.15) is 42.4 Å². The molecule has 0 bridgehead atoms. The van der Waals surface area contributed by atoms with Crippen LogP contribution in [-0.4, -0.2) is 236 Å². The number of ketones is 1. The minimum atomic E-state index is -1.87. The van der Waals surface area contributed by atoms with Crippen LogP contribution in [0.2, 0.25) is 0 Å². The number of rotatable bonds is 39. The smallest absolute Gasteiger partial charge is 0.132 e. The Labute approximate surface area is 306 Å². The number of Topliss-reactive ketones (excluding diaryl/α,β-unsaturated/α-hetero) is 1. The van der Waals surface area contributed by atoms with E-state index in [-0.39, 0.29) is 45.2 Å². The summed E-state index contributed by atoms with van der Waals surface area (Å²) in [5.74, 6) is 0.108. The Bertz CT molecular complexity index is 774. The highest BCUT2D eigenvalue weighted by molar-refractivity contribution is 5.75. The van der Waals surface area contributed by atoms with E-state index in [1.807, 2.05) is 0 Å². The maximum absolute atomic E-state index is 10.8. The van der Waals surface area contributed by atoms with Gasteiger partial charge in [0.2, 0.25) is 0 Å². The van der Waals surface area contributed by atoms with Gasteiger partial charge in [0.15, 0.2) is 0 Å². The average Bonchev–Trinajstić information content (AvgIpc) is 3.13. The molecule has 0 rings (SSSR count). The molecule has 0 saturated carbocycles. The highest BCUT2D eigenvalue weighted by Gasteiger charge is 2.34. The minimum Gasteiger partial charge on any atom is -0.394 e. The average molecular weight is 766 g/mol. The van der Waals surface area contributed by atoms with Crippen molar-refractivity contribution in [1.82, 2.24) is 4.90 Å². The van der Waals surface area contributed by atoms with Crippen molar-refractivity contribution in [2.75, 3.05) is 125 Å². The van der Waals surface area contributed by atoms with Gasteiger partial charge >= 0.3 is 0 Å². The van der Waals surface area contributed by atoms with Gasteiger partial charge in [0, 0.05) is 39.3 Å². The van der Waals surface area contributed by atoms with Crippen LogP contribution in [0.3, 0.4) is 0 Å². The van der Waals surface area contributed by atoms with Crippen LogP contribution in [0.1, 0.15) is 32.6 Å². The number of unbranched alkanes of at least 4 members (excludes halogenated alkanes) is 2. The molecular formula is C33H67NO18. The van der Waals surface area contributed by atoms with Crippen molar-refractivity contribution >= 4 is 5.78 Å². The van der Waals surface area contributed by atoms with Crippen molar-refractivity contribution in [3.63, 3.8) is 0 Å². The second kappa shape index (κ2) is 34.4. The Morgan fingerprint density at radius 2 is 0.750 bits per heavy atom. The van der Waals surface area contributed by atoms with Crippen LogP contribution in [0, 0.1) is 0 Å². The zero-order valence-corrected chi connectivity index (χ0v) is 30.6. The van der Waals surface area contributed by atoms with Gasteiger partial charge in [0.25, 0.3) is 0 Å². The molecule has 0 aromatic carbocycles. The van der Waals surface area contributed by atoms with Gasteiger partial charge in [-0.2, -0.15) is 0 Å².